The number of halogens is 21. The van der Waals surface area contributed by atoms with Crippen molar-refractivity contribution in [3.8, 4) is 0 Å². The van der Waals surface area contributed by atoms with Crippen LogP contribution in [0.3, 0.4) is 0 Å². The molecule has 0 bridgehead atoms. The second-order valence-electron chi connectivity index (χ2n) is 6.78. The summed E-state index contributed by atoms with van der Waals surface area (Å²) in [7, 11) is -7.04. The Morgan fingerprint density at radius 1 is 0.462 bits per heavy atom. The van der Waals surface area contributed by atoms with Gasteiger partial charge in [0.25, 0.3) is 0 Å². The third kappa shape index (κ3) is 6.14. The number of alkyl halides is 21. The van der Waals surface area contributed by atoms with E-state index in [0.29, 0.717) is 0 Å². The predicted molar refractivity (Wildman–Crippen MR) is 77.4 cm³/mol. The second kappa shape index (κ2) is 10.8. The molecule has 0 aliphatic heterocycles. The Balaban J connectivity index is 0. The van der Waals surface area contributed by atoms with Gasteiger partial charge in [0.2, 0.25) is 0 Å². The smallest absolute Gasteiger partial charge is 0.739 e. The van der Waals surface area contributed by atoms with E-state index >= 15 is 0 Å². The largest absolute Gasteiger partial charge is 1.00 e. The summed E-state index contributed by atoms with van der Waals surface area (Å²) in [4.78, 5) is 0. The Bertz CT molecular complexity index is 973. The Labute approximate surface area is 226 Å². The first-order valence-corrected chi connectivity index (χ1v) is 10.9. The van der Waals surface area contributed by atoms with Crippen molar-refractivity contribution in [1.29, 1.82) is 0 Å². The minimum absolute atomic E-state index is 0. The molecule has 39 heavy (non-hydrogen) atoms. The zero-order chi connectivity index (χ0) is 31.6. The van der Waals surface area contributed by atoms with E-state index in [1.165, 1.54) is 0 Å². The molecule has 0 radical (unpaired) electrons. The first kappa shape index (κ1) is 40.9. The molecule has 0 N–H and O–H groups in total. The molecular formula is C12H4F21NaO3S2. The van der Waals surface area contributed by atoms with Gasteiger partial charge in [0.15, 0.2) is 0 Å². The van der Waals surface area contributed by atoms with E-state index < -0.39 is 91.6 Å². The van der Waals surface area contributed by atoms with Crippen molar-refractivity contribution in [2.75, 3.05) is 5.75 Å². The molecule has 27 heteroatoms. The van der Waals surface area contributed by atoms with Crippen LogP contribution < -0.4 is 29.6 Å². The molecule has 0 unspecified atom stereocenters. The van der Waals surface area contributed by atoms with Gasteiger partial charge in [-0.2, -0.15) is 92.2 Å². The summed E-state index contributed by atoms with van der Waals surface area (Å²) in [6.45, 7) is 0. The molecule has 0 atom stereocenters. The van der Waals surface area contributed by atoms with Gasteiger partial charge < -0.3 is 4.55 Å². The van der Waals surface area contributed by atoms with Gasteiger partial charge >= 0.3 is 89.0 Å². The van der Waals surface area contributed by atoms with E-state index in [1.54, 1.807) is 0 Å². The molecule has 0 aliphatic carbocycles. The SMILES string of the molecule is O=S(=O)([O-])SCCC(F)(F)C(F)(F)C(F)(F)C(F)(F)C(F)(F)C(F)(F)C(F)(F)C(F)(F)C(F)(F)C(F)(F)F.[Na+]. The molecule has 0 fully saturated rings. The van der Waals surface area contributed by atoms with Gasteiger partial charge in [0.1, 0.15) is 9.15 Å². The van der Waals surface area contributed by atoms with Crippen molar-refractivity contribution in [3.05, 3.63) is 0 Å². The van der Waals surface area contributed by atoms with Gasteiger partial charge in [-0.15, -0.1) is 0 Å². The number of hydrogen-bond donors (Lipinski definition) is 0. The fourth-order valence-corrected chi connectivity index (χ4v) is 3.43. The Morgan fingerprint density at radius 2 is 0.692 bits per heavy atom. The van der Waals surface area contributed by atoms with Crippen LogP contribution >= 0.6 is 10.8 Å². The summed E-state index contributed by atoms with van der Waals surface area (Å²) in [5.41, 5.74) is 0. The van der Waals surface area contributed by atoms with Crippen LogP contribution in [-0.4, -0.2) is 78.2 Å². The van der Waals surface area contributed by atoms with Crippen molar-refractivity contribution >= 4 is 19.9 Å². The Kier molecular flexibility index (Phi) is 11.3. The quantitative estimate of drug-likeness (QED) is 0.136. The maximum absolute atomic E-state index is 13.5. The second-order valence-corrected chi connectivity index (χ2v) is 10.2. The Hall–Kier alpha value is -0.210. The van der Waals surface area contributed by atoms with Crippen molar-refractivity contribution in [2.24, 2.45) is 0 Å². The maximum atomic E-state index is 13.5. The van der Waals surface area contributed by atoms with Crippen LogP contribution in [0.15, 0.2) is 0 Å². The van der Waals surface area contributed by atoms with Gasteiger partial charge in [0.05, 0.1) is 0 Å². The van der Waals surface area contributed by atoms with E-state index in [1.807, 2.05) is 0 Å². The van der Waals surface area contributed by atoms with Crippen molar-refractivity contribution in [2.45, 2.75) is 65.9 Å². The summed E-state index contributed by atoms with van der Waals surface area (Å²) in [5.74, 6) is -80.3. The summed E-state index contributed by atoms with van der Waals surface area (Å²) >= 11 is 0. The van der Waals surface area contributed by atoms with Crippen molar-refractivity contribution in [3.63, 3.8) is 0 Å². The van der Waals surface area contributed by atoms with Gasteiger partial charge in [-0.05, 0) is 10.8 Å². The van der Waals surface area contributed by atoms with Gasteiger partial charge in [-0.3, -0.25) is 0 Å². The summed E-state index contributed by atoms with van der Waals surface area (Å²) in [6.07, 6.45) is -11.2. The third-order valence-electron chi connectivity index (χ3n) is 4.22. The molecule has 3 nitrogen and oxygen atoms in total. The molecule has 0 aliphatic rings. The molecule has 230 valence electrons. The molecule has 0 amide bonds. The predicted octanol–water partition coefficient (Wildman–Crippen LogP) is 3.85. The topological polar surface area (TPSA) is 57.2 Å². The molecule has 0 heterocycles. The van der Waals surface area contributed by atoms with E-state index in [9.17, 15) is 105 Å². The molecule has 0 rings (SSSR count). The average Bonchev–Trinajstić information content (AvgIpc) is 2.64. The van der Waals surface area contributed by atoms with Crippen LogP contribution in [0.25, 0.3) is 0 Å². The van der Waals surface area contributed by atoms with E-state index in [-0.39, 0.29) is 29.6 Å². The molecule has 0 aromatic heterocycles. The standard InChI is InChI=1S/C12H5F21O3S2.Na/c13-3(14,1-2-37-38(34,35)36)4(15,16)5(17,18)6(19,20)7(21,22)8(23,24)9(25,26)10(27,28)11(29,30)12(31,32)33;/h1-2H2,(H,34,35,36);/q;+1/p-1. The minimum Gasteiger partial charge on any atom is -0.739 e. The number of rotatable bonds is 12. The molecule has 0 aromatic carbocycles. The van der Waals surface area contributed by atoms with E-state index in [4.69, 9.17) is 0 Å². The van der Waals surface area contributed by atoms with E-state index in [2.05, 4.69) is 0 Å². The van der Waals surface area contributed by atoms with Gasteiger partial charge in [0, 0.05) is 12.2 Å². The van der Waals surface area contributed by atoms with Crippen LogP contribution in [0.4, 0.5) is 92.2 Å². The third-order valence-corrected chi connectivity index (χ3v) is 6.24. The molecule has 0 aromatic rings. The summed E-state index contributed by atoms with van der Waals surface area (Å²) < 4.78 is 306. The summed E-state index contributed by atoms with van der Waals surface area (Å²) in [6, 6.07) is 0. The fourth-order valence-electron chi connectivity index (χ4n) is 2.02. The maximum Gasteiger partial charge on any atom is 1.00 e. The first-order chi connectivity index (χ1) is 16.0. The zero-order valence-corrected chi connectivity index (χ0v) is 21.0. The van der Waals surface area contributed by atoms with Crippen LogP contribution in [0, 0.1) is 0 Å². The Morgan fingerprint density at radius 3 is 0.923 bits per heavy atom. The van der Waals surface area contributed by atoms with Gasteiger partial charge in [-0.25, -0.2) is 8.42 Å². The van der Waals surface area contributed by atoms with Crippen LogP contribution in [0.1, 0.15) is 6.42 Å². The summed E-state index contributed by atoms with van der Waals surface area (Å²) in [5, 5.41) is 0. The molecule has 0 saturated heterocycles. The van der Waals surface area contributed by atoms with Crippen molar-refractivity contribution in [1.82, 2.24) is 0 Å². The number of hydrogen-bond acceptors (Lipinski definition) is 4. The van der Waals surface area contributed by atoms with Crippen LogP contribution in [0.2, 0.25) is 0 Å². The fraction of sp³-hybridized carbons (Fsp3) is 1.00. The first-order valence-electron chi connectivity index (χ1n) is 8.03. The van der Waals surface area contributed by atoms with E-state index in [0.717, 1.165) is 0 Å². The minimum atomic E-state index is -9.26. The average molecular weight is 682 g/mol. The van der Waals surface area contributed by atoms with Crippen LogP contribution in [-0.2, 0) is 9.15 Å². The molecule has 0 spiro atoms. The molecule has 0 saturated carbocycles. The molecular weight excluding hydrogens is 678 g/mol. The van der Waals surface area contributed by atoms with Crippen LogP contribution in [0.5, 0.6) is 0 Å². The monoisotopic (exact) mass is 682 g/mol. The van der Waals surface area contributed by atoms with Crippen molar-refractivity contribution < 1.29 is 135 Å². The normalized spacial score (nSPS) is 16.3. The van der Waals surface area contributed by atoms with Gasteiger partial charge in [-0.1, -0.05) is 0 Å². The zero-order valence-electron chi connectivity index (χ0n) is 17.4.